The van der Waals surface area contributed by atoms with Crippen molar-refractivity contribution in [3.8, 4) is 0 Å². The Morgan fingerprint density at radius 3 is 2.24 bits per heavy atom. The van der Waals surface area contributed by atoms with Crippen molar-refractivity contribution in [1.82, 2.24) is 0 Å². The smallest absolute Gasteiger partial charge is 0.258 e. The van der Waals surface area contributed by atoms with Gasteiger partial charge in [0.15, 0.2) is 5.76 Å². The van der Waals surface area contributed by atoms with Crippen LogP contribution < -0.4 is 0 Å². The Labute approximate surface area is 122 Å². The number of halogens is 5. The first kappa shape index (κ1) is 15.4. The summed E-state index contributed by atoms with van der Waals surface area (Å²) in [5, 5.41) is 10.7. The molecule has 4 nitrogen and oxygen atoms in total. The molecule has 0 radical (unpaired) electrons. The first-order valence-electron chi connectivity index (χ1n) is 3.97. The molecule has 1 aromatic rings. The lowest BCUT2D eigenvalue weighted by molar-refractivity contribution is -0.384. The standard InChI is InChI=1S/C7H4Cl5N2O2P/c8-7(9,10)17(11,12)13-5-3-1-2-4-6(5)14(15)16/h1-4H. The molecular formula is C7H4Cl5N2O2P. The predicted octanol–water partition coefficient (Wildman–Crippen LogP) is 6.06. The zero-order chi connectivity index (χ0) is 13.3. The highest BCUT2D eigenvalue weighted by molar-refractivity contribution is 8.14. The Hall–Kier alpha value is 0.300. The van der Waals surface area contributed by atoms with Gasteiger partial charge in [-0.25, -0.2) is 4.74 Å². The quantitative estimate of drug-likeness (QED) is 0.280. The molecule has 0 saturated carbocycles. The van der Waals surface area contributed by atoms with E-state index in [1.165, 1.54) is 24.3 Å². The van der Waals surface area contributed by atoms with Crippen molar-refractivity contribution in [2.45, 2.75) is 3.53 Å². The van der Waals surface area contributed by atoms with Gasteiger partial charge in [0.25, 0.3) is 9.22 Å². The second kappa shape index (κ2) is 5.52. The van der Waals surface area contributed by atoms with Crippen LogP contribution in [0.3, 0.4) is 0 Å². The van der Waals surface area contributed by atoms with Gasteiger partial charge in [0.1, 0.15) is 5.69 Å². The van der Waals surface area contributed by atoms with Gasteiger partial charge in [0, 0.05) is 6.07 Å². The summed E-state index contributed by atoms with van der Waals surface area (Å²) in [5.41, 5.74) is -0.283. The molecule has 17 heavy (non-hydrogen) atoms. The lowest BCUT2D eigenvalue weighted by Crippen LogP contribution is -1.95. The number of hydrogen-bond acceptors (Lipinski definition) is 3. The van der Waals surface area contributed by atoms with Crippen LogP contribution in [0.15, 0.2) is 29.0 Å². The summed E-state index contributed by atoms with van der Waals surface area (Å²) in [6, 6.07) is 5.64. The molecule has 0 atom stereocenters. The van der Waals surface area contributed by atoms with Crippen molar-refractivity contribution in [2.75, 3.05) is 0 Å². The van der Waals surface area contributed by atoms with Gasteiger partial charge in [-0.15, -0.1) is 0 Å². The summed E-state index contributed by atoms with van der Waals surface area (Å²) in [4.78, 5) is 10.1. The Morgan fingerprint density at radius 1 is 1.24 bits per heavy atom. The summed E-state index contributed by atoms with van der Waals surface area (Å²) in [6.45, 7) is 0. The van der Waals surface area contributed by atoms with E-state index in [0.29, 0.717) is 0 Å². The maximum Gasteiger partial charge on any atom is 0.294 e. The Morgan fingerprint density at radius 2 is 1.76 bits per heavy atom. The number of nitrogens with zero attached hydrogens (tertiary/aromatic N) is 2. The Bertz CT molecular complexity index is 495. The summed E-state index contributed by atoms with van der Waals surface area (Å²) in [7, 11) is 0. The van der Waals surface area contributed by atoms with E-state index in [1.807, 2.05) is 0 Å². The average molecular weight is 356 g/mol. The first-order valence-corrected chi connectivity index (χ1v) is 8.65. The van der Waals surface area contributed by atoms with Crippen molar-refractivity contribution in [2.24, 2.45) is 4.74 Å². The third-order valence-corrected chi connectivity index (χ3v) is 8.43. The van der Waals surface area contributed by atoms with E-state index in [-0.39, 0.29) is 11.4 Å². The minimum Gasteiger partial charge on any atom is -0.258 e. The maximum absolute atomic E-state index is 10.7. The van der Waals surface area contributed by atoms with Crippen molar-refractivity contribution >= 4 is 74.4 Å². The number of benzene rings is 1. The second-order valence-electron chi connectivity index (χ2n) is 2.80. The van der Waals surface area contributed by atoms with Gasteiger partial charge in [0.05, 0.1) is 4.92 Å². The Balaban J connectivity index is 3.38. The zero-order valence-corrected chi connectivity index (χ0v) is 12.5. The third kappa shape index (κ3) is 3.88. The summed E-state index contributed by atoms with van der Waals surface area (Å²) >= 11 is 28.3. The minimum absolute atomic E-state index is 0.0258. The van der Waals surface area contributed by atoms with Crippen LogP contribution in [0.4, 0.5) is 11.4 Å². The molecule has 1 rings (SSSR count). The largest absolute Gasteiger partial charge is 0.294 e. The molecular weight excluding hydrogens is 352 g/mol. The van der Waals surface area contributed by atoms with Crippen LogP contribution in [0.1, 0.15) is 0 Å². The van der Waals surface area contributed by atoms with Crippen molar-refractivity contribution in [3.05, 3.63) is 34.4 Å². The molecule has 0 aliphatic rings. The van der Waals surface area contributed by atoms with E-state index in [0.717, 1.165) is 0 Å². The molecule has 0 heterocycles. The monoisotopic (exact) mass is 354 g/mol. The van der Waals surface area contributed by atoms with Crippen LogP contribution in [0.25, 0.3) is 0 Å². The summed E-state index contributed by atoms with van der Waals surface area (Å²) < 4.78 is 1.79. The van der Waals surface area contributed by atoms with Gasteiger partial charge in [0.2, 0.25) is 0 Å². The third-order valence-electron chi connectivity index (χ3n) is 1.62. The predicted molar refractivity (Wildman–Crippen MR) is 74.1 cm³/mol. The second-order valence-corrected chi connectivity index (χ2v) is 11.2. The van der Waals surface area contributed by atoms with E-state index in [9.17, 15) is 10.1 Å². The van der Waals surface area contributed by atoms with Gasteiger partial charge in [-0.3, -0.25) is 10.1 Å². The molecule has 0 saturated heterocycles. The van der Waals surface area contributed by atoms with Crippen molar-refractivity contribution in [1.29, 1.82) is 0 Å². The number of rotatable bonds is 2. The molecule has 0 spiro atoms. The van der Waals surface area contributed by atoms with Crippen molar-refractivity contribution in [3.63, 3.8) is 0 Å². The zero-order valence-electron chi connectivity index (χ0n) is 7.86. The van der Waals surface area contributed by atoms with Gasteiger partial charge in [-0.1, -0.05) is 69.4 Å². The fourth-order valence-electron chi connectivity index (χ4n) is 0.895. The molecule has 0 bridgehead atoms. The van der Waals surface area contributed by atoms with Crippen LogP contribution in [-0.4, -0.2) is 8.46 Å². The normalized spacial score (nSPS) is 12.3. The fourth-order valence-corrected chi connectivity index (χ4v) is 2.28. The van der Waals surface area contributed by atoms with Crippen LogP contribution in [-0.2, 0) is 0 Å². The minimum atomic E-state index is -3.35. The van der Waals surface area contributed by atoms with E-state index in [1.54, 1.807) is 0 Å². The molecule has 94 valence electrons. The lowest BCUT2D eigenvalue weighted by atomic mass is 10.3. The Kier molecular flexibility index (Phi) is 4.98. The van der Waals surface area contributed by atoms with E-state index in [2.05, 4.69) is 4.74 Å². The van der Waals surface area contributed by atoms with Gasteiger partial charge < -0.3 is 0 Å². The molecule has 0 N–H and O–H groups in total. The highest BCUT2D eigenvalue weighted by Crippen LogP contribution is 2.76. The molecule has 0 aliphatic heterocycles. The fraction of sp³-hybridized carbons (Fsp3) is 0.143. The SMILES string of the molecule is O=[N+]([O-])c1ccccc1N=P(Cl)(Cl)C(Cl)(Cl)Cl. The van der Waals surface area contributed by atoms with E-state index >= 15 is 0 Å². The topological polar surface area (TPSA) is 55.5 Å². The summed E-state index contributed by atoms with van der Waals surface area (Å²) in [6.07, 6.45) is 0. The molecule has 1 aromatic carbocycles. The lowest BCUT2D eigenvalue weighted by Gasteiger charge is -2.17. The van der Waals surface area contributed by atoms with Crippen LogP contribution >= 0.6 is 63.0 Å². The van der Waals surface area contributed by atoms with Crippen LogP contribution in [0.5, 0.6) is 0 Å². The number of nitro groups is 1. The highest BCUT2D eigenvalue weighted by Gasteiger charge is 2.39. The number of hydrogen-bond donors (Lipinski definition) is 0. The average Bonchev–Trinajstić information content (AvgIpc) is 2.15. The molecule has 0 fully saturated rings. The van der Waals surface area contributed by atoms with Gasteiger partial charge >= 0.3 is 0 Å². The molecule has 0 amide bonds. The first-order chi connectivity index (χ1) is 7.65. The molecule has 0 aliphatic carbocycles. The van der Waals surface area contributed by atoms with Gasteiger partial charge in [-0.2, -0.15) is 0 Å². The molecule has 0 unspecified atom stereocenters. The van der Waals surface area contributed by atoms with Crippen molar-refractivity contribution < 1.29 is 4.92 Å². The number of nitro benzene ring substituents is 1. The number of alkyl halides is 3. The highest BCUT2D eigenvalue weighted by atomic mass is 35.9. The maximum atomic E-state index is 10.7. The molecule has 0 aromatic heterocycles. The van der Waals surface area contributed by atoms with Crippen LogP contribution in [0.2, 0.25) is 0 Å². The van der Waals surface area contributed by atoms with Gasteiger partial charge in [-0.05, 0) is 6.07 Å². The van der Waals surface area contributed by atoms with E-state index in [4.69, 9.17) is 57.3 Å². The molecule has 10 heteroatoms. The van der Waals surface area contributed by atoms with E-state index < -0.39 is 14.2 Å². The van der Waals surface area contributed by atoms with Crippen LogP contribution in [0, 0.1) is 10.1 Å². The summed E-state index contributed by atoms with van der Waals surface area (Å²) in [5.74, 6) is -3.35. The number of para-hydroxylation sites is 1.